The average Bonchev–Trinajstić information content (AvgIpc) is 2.88. The molecule has 0 N–H and O–H groups in total. The maximum Gasteiger partial charge on any atom is 0.243 e. The quantitative estimate of drug-likeness (QED) is 0.489. The molecule has 35 heavy (non-hydrogen) atoms. The number of hydrogen-bond donors (Lipinski definition) is 0. The van der Waals surface area contributed by atoms with E-state index in [1.54, 1.807) is 48.3 Å². The molecule has 2 aromatic carbocycles. The van der Waals surface area contributed by atoms with Crippen molar-refractivity contribution in [1.82, 2.24) is 9.21 Å². The normalized spacial score (nSPS) is 16.4. The van der Waals surface area contributed by atoms with E-state index in [9.17, 15) is 13.2 Å². The molecule has 1 fully saturated rings. The summed E-state index contributed by atoms with van der Waals surface area (Å²) in [5.74, 6) is 1.58. The molecule has 10 heteroatoms. The van der Waals surface area contributed by atoms with E-state index in [0.717, 1.165) is 5.56 Å². The molecule has 192 valence electrons. The van der Waals surface area contributed by atoms with Crippen LogP contribution in [0.15, 0.2) is 41.3 Å². The van der Waals surface area contributed by atoms with E-state index in [-0.39, 0.29) is 17.3 Å². The highest BCUT2D eigenvalue weighted by atomic mass is 32.2. The predicted molar refractivity (Wildman–Crippen MR) is 132 cm³/mol. The van der Waals surface area contributed by atoms with E-state index in [0.29, 0.717) is 55.5 Å². The lowest BCUT2D eigenvalue weighted by molar-refractivity contribution is -0.135. The highest BCUT2D eigenvalue weighted by molar-refractivity contribution is 7.89. The second kappa shape index (κ2) is 11.6. The van der Waals surface area contributed by atoms with Crippen molar-refractivity contribution < 1.29 is 32.2 Å². The maximum absolute atomic E-state index is 13.3. The second-order valence-corrected chi connectivity index (χ2v) is 10.3. The summed E-state index contributed by atoms with van der Waals surface area (Å²) in [7, 11) is 2.62. The Labute approximate surface area is 207 Å². The van der Waals surface area contributed by atoms with E-state index in [4.69, 9.17) is 18.9 Å². The zero-order valence-corrected chi connectivity index (χ0v) is 21.8. The van der Waals surface area contributed by atoms with Crippen LogP contribution in [0.5, 0.6) is 23.0 Å². The van der Waals surface area contributed by atoms with Gasteiger partial charge in [-0.25, -0.2) is 8.42 Å². The molecule has 0 saturated carbocycles. The first kappa shape index (κ1) is 26.6. The minimum absolute atomic E-state index is 0.106. The van der Waals surface area contributed by atoms with Gasteiger partial charge < -0.3 is 23.8 Å². The lowest BCUT2D eigenvalue weighted by Gasteiger charge is -2.33. The van der Waals surface area contributed by atoms with Gasteiger partial charge in [0, 0.05) is 26.7 Å². The Hall–Kier alpha value is -2.98. The lowest BCUT2D eigenvalue weighted by Crippen LogP contribution is -2.45. The molecule has 1 saturated heterocycles. The molecule has 9 nitrogen and oxygen atoms in total. The molecule has 1 aliphatic heterocycles. The number of hydrogen-bond acceptors (Lipinski definition) is 7. The molecule has 1 aliphatic rings. The Morgan fingerprint density at radius 1 is 1.06 bits per heavy atom. The van der Waals surface area contributed by atoms with E-state index in [1.807, 2.05) is 6.92 Å². The molecule has 0 aromatic heterocycles. The van der Waals surface area contributed by atoms with E-state index >= 15 is 0 Å². The van der Waals surface area contributed by atoms with Gasteiger partial charge in [-0.3, -0.25) is 4.79 Å². The van der Waals surface area contributed by atoms with Gasteiger partial charge >= 0.3 is 0 Å². The Bertz CT molecular complexity index is 1090. The number of ether oxygens (including phenoxy) is 4. The second-order valence-electron chi connectivity index (χ2n) is 8.33. The lowest BCUT2D eigenvalue weighted by atomic mass is 9.98. The molecular weight excluding hydrogens is 472 g/mol. The third-order valence-electron chi connectivity index (χ3n) is 6.03. The van der Waals surface area contributed by atoms with Crippen LogP contribution in [0.4, 0.5) is 0 Å². The largest absolute Gasteiger partial charge is 0.494 e. The number of piperidine rings is 1. The zero-order valence-electron chi connectivity index (χ0n) is 20.9. The average molecular weight is 507 g/mol. The number of benzene rings is 2. The zero-order chi connectivity index (χ0) is 25.6. The van der Waals surface area contributed by atoms with Crippen molar-refractivity contribution in [1.29, 1.82) is 0 Å². The van der Waals surface area contributed by atoms with Gasteiger partial charge in [0.15, 0.2) is 11.5 Å². The van der Waals surface area contributed by atoms with Crippen molar-refractivity contribution in [2.75, 3.05) is 48.1 Å². The van der Waals surface area contributed by atoms with Crippen molar-refractivity contribution in [3.8, 4) is 23.0 Å². The van der Waals surface area contributed by atoms with Crippen LogP contribution >= 0.6 is 0 Å². The molecule has 1 heterocycles. The minimum Gasteiger partial charge on any atom is -0.494 e. The van der Waals surface area contributed by atoms with Gasteiger partial charge in [0.1, 0.15) is 5.75 Å². The summed E-state index contributed by atoms with van der Waals surface area (Å²) < 4.78 is 49.4. The van der Waals surface area contributed by atoms with E-state index in [1.165, 1.54) is 25.6 Å². The van der Waals surface area contributed by atoms with Crippen LogP contribution in [0.3, 0.4) is 0 Å². The Morgan fingerprint density at radius 3 is 2.23 bits per heavy atom. The van der Waals surface area contributed by atoms with Crippen LogP contribution in [-0.4, -0.2) is 71.6 Å². The van der Waals surface area contributed by atoms with E-state index in [2.05, 4.69) is 0 Å². The number of sulfonamides is 1. The SMILES string of the molecule is CCOc1ccc(S(=O)(=O)N2CCC[C@H](C(=O)N(C)Cc3cc(OC)c(OC)c(OC)c3)C2)cc1. The summed E-state index contributed by atoms with van der Waals surface area (Å²) in [4.78, 5) is 15.1. The number of methoxy groups -OCH3 is 3. The highest BCUT2D eigenvalue weighted by Gasteiger charge is 2.34. The smallest absolute Gasteiger partial charge is 0.243 e. The summed E-state index contributed by atoms with van der Waals surface area (Å²) in [6.45, 7) is 3.22. The Balaban J connectivity index is 1.72. The molecular formula is C25H34N2O7S. The van der Waals surface area contributed by atoms with Crippen molar-refractivity contribution in [3.05, 3.63) is 42.0 Å². The Morgan fingerprint density at radius 2 is 1.69 bits per heavy atom. The van der Waals surface area contributed by atoms with Gasteiger partial charge in [-0.1, -0.05) is 0 Å². The molecule has 3 rings (SSSR count). The summed E-state index contributed by atoms with van der Waals surface area (Å²) in [5.41, 5.74) is 0.810. The van der Waals surface area contributed by atoms with Gasteiger partial charge in [-0.2, -0.15) is 4.31 Å². The van der Waals surface area contributed by atoms with Crippen LogP contribution in [0.2, 0.25) is 0 Å². The molecule has 2 aromatic rings. The van der Waals surface area contributed by atoms with Gasteiger partial charge in [0.2, 0.25) is 21.7 Å². The van der Waals surface area contributed by atoms with E-state index < -0.39 is 15.9 Å². The molecule has 0 radical (unpaired) electrons. The number of carbonyl (C=O) groups is 1. The van der Waals surface area contributed by atoms with Crippen molar-refractivity contribution >= 4 is 15.9 Å². The number of rotatable bonds is 10. The summed E-state index contributed by atoms with van der Waals surface area (Å²) in [6, 6.07) is 9.98. The minimum atomic E-state index is -3.71. The van der Waals surface area contributed by atoms with Crippen LogP contribution in [-0.2, 0) is 21.4 Å². The number of carbonyl (C=O) groups excluding carboxylic acids is 1. The first-order valence-corrected chi connectivity index (χ1v) is 13.0. The monoisotopic (exact) mass is 506 g/mol. The van der Waals surface area contributed by atoms with Gasteiger partial charge in [0.05, 0.1) is 38.7 Å². The van der Waals surface area contributed by atoms with Crippen molar-refractivity contribution in [3.63, 3.8) is 0 Å². The summed E-state index contributed by atoms with van der Waals surface area (Å²) in [5, 5.41) is 0. The number of amides is 1. The first-order chi connectivity index (χ1) is 16.7. The molecule has 0 aliphatic carbocycles. The van der Waals surface area contributed by atoms with Crippen LogP contribution in [0.1, 0.15) is 25.3 Å². The third kappa shape index (κ3) is 5.99. The van der Waals surface area contributed by atoms with Gasteiger partial charge in [-0.15, -0.1) is 0 Å². The summed E-state index contributed by atoms with van der Waals surface area (Å²) in [6.07, 6.45) is 1.25. The predicted octanol–water partition coefficient (Wildman–Crippen LogP) is 3.17. The standard InChI is InChI=1S/C25H34N2O7S/c1-6-34-20-9-11-21(12-10-20)35(29,30)27-13-7-8-19(17-27)25(28)26(2)16-18-14-22(31-3)24(33-5)23(15-18)32-4/h9-12,14-15,19H,6-8,13,16-17H2,1-5H3/t19-/m0/s1. The fourth-order valence-corrected chi connectivity index (χ4v) is 5.80. The maximum atomic E-state index is 13.3. The number of nitrogens with zero attached hydrogens (tertiary/aromatic N) is 2. The fraction of sp³-hybridized carbons (Fsp3) is 0.480. The topological polar surface area (TPSA) is 94.6 Å². The molecule has 1 amide bonds. The molecule has 0 spiro atoms. The van der Waals surface area contributed by atoms with Crippen molar-refractivity contribution in [2.45, 2.75) is 31.2 Å². The molecule has 0 bridgehead atoms. The third-order valence-corrected chi connectivity index (χ3v) is 7.91. The van der Waals surface area contributed by atoms with Gasteiger partial charge in [0.25, 0.3) is 0 Å². The Kier molecular flexibility index (Phi) is 8.85. The fourth-order valence-electron chi connectivity index (χ4n) is 4.28. The molecule has 1 atom stereocenters. The van der Waals surface area contributed by atoms with Crippen LogP contribution in [0.25, 0.3) is 0 Å². The first-order valence-electron chi connectivity index (χ1n) is 11.5. The van der Waals surface area contributed by atoms with Gasteiger partial charge in [-0.05, 0) is 61.7 Å². The van der Waals surface area contributed by atoms with Crippen LogP contribution in [0, 0.1) is 5.92 Å². The van der Waals surface area contributed by atoms with Crippen molar-refractivity contribution in [2.24, 2.45) is 5.92 Å². The summed E-state index contributed by atoms with van der Waals surface area (Å²) >= 11 is 0. The van der Waals surface area contributed by atoms with Crippen LogP contribution < -0.4 is 18.9 Å². The molecule has 0 unspecified atom stereocenters. The highest BCUT2D eigenvalue weighted by Crippen LogP contribution is 2.38.